The smallest absolute Gasteiger partial charge is 0.340 e. The van der Waals surface area contributed by atoms with Gasteiger partial charge in [0.1, 0.15) is 5.75 Å². The van der Waals surface area contributed by atoms with Crippen LogP contribution in [0.4, 0.5) is 5.69 Å². The van der Waals surface area contributed by atoms with Gasteiger partial charge in [-0.1, -0.05) is 0 Å². The van der Waals surface area contributed by atoms with Crippen molar-refractivity contribution in [2.24, 2.45) is 5.92 Å². The van der Waals surface area contributed by atoms with Crippen molar-refractivity contribution in [1.82, 2.24) is 0 Å². The summed E-state index contributed by atoms with van der Waals surface area (Å²) in [5.74, 6) is 0.729. The van der Waals surface area contributed by atoms with Crippen LogP contribution in [0.15, 0.2) is 18.2 Å². The highest BCUT2D eigenvalue weighted by molar-refractivity contribution is 5.95. The Morgan fingerprint density at radius 1 is 1.38 bits per heavy atom. The lowest BCUT2D eigenvalue weighted by Crippen LogP contribution is -2.21. The molecule has 0 atom stereocenters. The first-order chi connectivity index (χ1) is 10.1. The molecule has 1 aromatic carbocycles. The van der Waals surface area contributed by atoms with Gasteiger partial charge in [-0.3, -0.25) is 0 Å². The molecule has 0 unspecified atom stereocenters. The van der Waals surface area contributed by atoms with E-state index in [0.29, 0.717) is 29.5 Å². The maximum atomic E-state index is 12.0. The minimum absolute atomic E-state index is 0.177. The summed E-state index contributed by atoms with van der Waals surface area (Å²) in [6.45, 7) is 5.83. The third-order valence-corrected chi connectivity index (χ3v) is 3.41. The van der Waals surface area contributed by atoms with E-state index in [2.05, 4.69) is 0 Å². The van der Waals surface area contributed by atoms with Gasteiger partial charge < -0.3 is 19.9 Å². The van der Waals surface area contributed by atoms with Crippen LogP contribution in [-0.4, -0.2) is 31.9 Å². The lowest BCUT2D eigenvalue weighted by atomic mass is 10.0. The van der Waals surface area contributed by atoms with Crippen LogP contribution in [0.5, 0.6) is 5.75 Å². The summed E-state index contributed by atoms with van der Waals surface area (Å²) < 4.78 is 16.3. The average molecular weight is 293 g/mol. The Morgan fingerprint density at radius 2 is 2.10 bits per heavy atom. The van der Waals surface area contributed by atoms with Gasteiger partial charge in [-0.05, 0) is 50.8 Å². The molecule has 21 heavy (non-hydrogen) atoms. The number of rotatable bonds is 5. The van der Waals surface area contributed by atoms with E-state index in [1.165, 1.54) is 0 Å². The van der Waals surface area contributed by atoms with E-state index in [1.54, 1.807) is 32.0 Å². The molecular formula is C16H23NO4. The van der Waals surface area contributed by atoms with E-state index in [1.807, 2.05) is 0 Å². The predicted octanol–water partition coefficient (Wildman–Crippen LogP) is 2.64. The number of carbonyl (C=O) groups is 1. The average Bonchev–Trinajstić information content (AvgIpc) is 2.46. The SMILES string of the molecule is CC(C)OC(=O)c1cc(OCC2CCOCC2)ccc1N. The summed E-state index contributed by atoms with van der Waals surface area (Å²) in [6.07, 6.45) is 1.85. The first-order valence-electron chi connectivity index (χ1n) is 7.37. The number of benzene rings is 1. The second-order valence-electron chi connectivity index (χ2n) is 5.57. The first-order valence-corrected chi connectivity index (χ1v) is 7.37. The molecule has 1 aromatic rings. The van der Waals surface area contributed by atoms with Crippen molar-refractivity contribution in [3.63, 3.8) is 0 Å². The topological polar surface area (TPSA) is 70.8 Å². The summed E-state index contributed by atoms with van der Waals surface area (Å²) in [5, 5.41) is 0. The third-order valence-electron chi connectivity index (χ3n) is 3.41. The molecule has 116 valence electrons. The van der Waals surface area contributed by atoms with E-state index in [-0.39, 0.29) is 6.10 Å². The molecule has 0 bridgehead atoms. The van der Waals surface area contributed by atoms with E-state index in [9.17, 15) is 4.79 Å². The molecule has 1 aliphatic rings. The fourth-order valence-corrected chi connectivity index (χ4v) is 2.21. The highest BCUT2D eigenvalue weighted by Gasteiger charge is 2.17. The third kappa shape index (κ3) is 4.63. The van der Waals surface area contributed by atoms with Gasteiger partial charge in [0.15, 0.2) is 0 Å². The van der Waals surface area contributed by atoms with E-state index in [0.717, 1.165) is 26.1 Å². The zero-order chi connectivity index (χ0) is 15.2. The number of carbonyl (C=O) groups excluding carboxylic acids is 1. The molecule has 1 aliphatic heterocycles. The van der Waals surface area contributed by atoms with Gasteiger partial charge in [-0.25, -0.2) is 4.79 Å². The molecule has 1 fully saturated rings. The Morgan fingerprint density at radius 3 is 2.76 bits per heavy atom. The summed E-state index contributed by atoms with van der Waals surface area (Å²) in [6, 6.07) is 5.11. The Hall–Kier alpha value is -1.75. The Bertz CT molecular complexity index is 481. The van der Waals surface area contributed by atoms with Gasteiger partial charge in [0.05, 0.1) is 18.3 Å². The zero-order valence-corrected chi connectivity index (χ0v) is 12.6. The van der Waals surface area contributed by atoms with E-state index in [4.69, 9.17) is 19.9 Å². The van der Waals surface area contributed by atoms with Crippen molar-refractivity contribution in [2.45, 2.75) is 32.8 Å². The van der Waals surface area contributed by atoms with Crippen LogP contribution in [-0.2, 0) is 9.47 Å². The molecule has 1 heterocycles. The quantitative estimate of drug-likeness (QED) is 0.667. The van der Waals surface area contributed by atoms with E-state index < -0.39 is 5.97 Å². The first kappa shape index (κ1) is 15.6. The molecule has 0 aliphatic carbocycles. The van der Waals surface area contributed by atoms with Crippen LogP contribution in [0.1, 0.15) is 37.0 Å². The second kappa shape index (κ2) is 7.31. The maximum absolute atomic E-state index is 12.0. The van der Waals surface area contributed by atoms with Crippen LogP contribution >= 0.6 is 0 Å². The summed E-state index contributed by atoms with van der Waals surface area (Å²) >= 11 is 0. The number of esters is 1. The monoisotopic (exact) mass is 293 g/mol. The molecular weight excluding hydrogens is 270 g/mol. The zero-order valence-electron chi connectivity index (χ0n) is 12.6. The fraction of sp³-hybridized carbons (Fsp3) is 0.562. The highest BCUT2D eigenvalue weighted by atomic mass is 16.5. The Balaban J connectivity index is 1.98. The fourth-order valence-electron chi connectivity index (χ4n) is 2.21. The second-order valence-corrected chi connectivity index (χ2v) is 5.57. The predicted molar refractivity (Wildman–Crippen MR) is 80.4 cm³/mol. The summed E-state index contributed by atoms with van der Waals surface area (Å²) in [5.41, 5.74) is 6.59. The number of hydrogen-bond donors (Lipinski definition) is 1. The lowest BCUT2D eigenvalue weighted by molar-refractivity contribution is 0.0378. The van der Waals surface area contributed by atoms with Crippen LogP contribution in [0, 0.1) is 5.92 Å². The van der Waals surface area contributed by atoms with Gasteiger partial charge in [-0.15, -0.1) is 0 Å². The minimum atomic E-state index is -0.418. The molecule has 0 radical (unpaired) electrons. The Labute approximate surface area is 125 Å². The largest absolute Gasteiger partial charge is 0.493 e. The minimum Gasteiger partial charge on any atom is -0.493 e. The number of hydrogen-bond acceptors (Lipinski definition) is 5. The molecule has 0 aromatic heterocycles. The van der Waals surface area contributed by atoms with Crippen LogP contribution in [0.25, 0.3) is 0 Å². The van der Waals surface area contributed by atoms with Crippen LogP contribution in [0.2, 0.25) is 0 Å². The number of nitrogens with two attached hydrogens (primary N) is 1. The molecule has 0 saturated carbocycles. The maximum Gasteiger partial charge on any atom is 0.340 e. The van der Waals surface area contributed by atoms with Crippen molar-refractivity contribution < 1.29 is 19.0 Å². The molecule has 2 N–H and O–H groups in total. The molecule has 1 saturated heterocycles. The lowest BCUT2D eigenvalue weighted by Gasteiger charge is -2.22. The molecule has 5 heteroatoms. The normalized spacial score (nSPS) is 16.0. The van der Waals surface area contributed by atoms with E-state index >= 15 is 0 Å². The standard InChI is InChI=1S/C16H23NO4/c1-11(2)21-16(18)14-9-13(3-4-15(14)17)20-10-12-5-7-19-8-6-12/h3-4,9,11-12H,5-8,10,17H2,1-2H3. The highest BCUT2D eigenvalue weighted by Crippen LogP contribution is 2.23. The van der Waals surface area contributed by atoms with Crippen LogP contribution < -0.4 is 10.5 Å². The summed E-state index contributed by atoms with van der Waals surface area (Å²) in [4.78, 5) is 12.0. The number of nitrogen functional groups attached to an aromatic ring is 1. The number of anilines is 1. The molecule has 2 rings (SSSR count). The van der Waals surface area contributed by atoms with Crippen molar-refractivity contribution in [3.05, 3.63) is 23.8 Å². The van der Waals surface area contributed by atoms with Gasteiger partial charge in [0, 0.05) is 18.9 Å². The van der Waals surface area contributed by atoms with Crippen molar-refractivity contribution in [3.8, 4) is 5.75 Å². The van der Waals surface area contributed by atoms with Gasteiger partial charge in [0.25, 0.3) is 0 Å². The van der Waals surface area contributed by atoms with Gasteiger partial charge in [0.2, 0.25) is 0 Å². The van der Waals surface area contributed by atoms with Crippen LogP contribution in [0.3, 0.4) is 0 Å². The molecule has 0 amide bonds. The summed E-state index contributed by atoms with van der Waals surface area (Å²) in [7, 11) is 0. The Kier molecular flexibility index (Phi) is 5.44. The molecule has 0 spiro atoms. The van der Waals surface area contributed by atoms with Crippen molar-refractivity contribution in [2.75, 3.05) is 25.6 Å². The van der Waals surface area contributed by atoms with Gasteiger partial charge >= 0.3 is 5.97 Å². The molecule has 5 nitrogen and oxygen atoms in total. The number of ether oxygens (including phenoxy) is 3. The van der Waals surface area contributed by atoms with Crippen molar-refractivity contribution in [1.29, 1.82) is 0 Å². The van der Waals surface area contributed by atoms with Crippen molar-refractivity contribution >= 4 is 11.7 Å². The van der Waals surface area contributed by atoms with Gasteiger partial charge in [-0.2, -0.15) is 0 Å².